The first-order valence-electron chi connectivity index (χ1n) is 11.4. The monoisotopic (exact) mass is 544 g/mol. The molecule has 0 aliphatic rings. The van der Waals surface area contributed by atoms with Crippen LogP contribution in [-0.2, 0) is 22.1 Å². The largest absolute Gasteiger partial charge is 0.508 e. The van der Waals surface area contributed by atoms with Gasteiger partial charge in [-0.1, -0.05) is 30.3 Å². The van der Waals surface area contributed by atoms with E-state index in [2.05, 4.69) is 25.6 Å². The number of phenolic OH excluding ortho intramolecular Hbond substituents is 1. The number of imidazole rings is 1. The molecule has 0 saturated carbocycles. The van der Waals surface area contributed by atoms with Gasteiger partial charge in [0.05, 0.1) is 6.33 Å². The van der Waals surface area contributed by atoms with E-state index in [1.165, 1.54) is 0 Å². The molecule has 0 bridgehead atoms. The van der Waals surface area contributed by atoms with E-state index in [1.807, 2.05) is 41.0 Å². The maximum atomic E-state index is 11.5. The van der Waals surface area contributed by atoms with E-state index in [-0.39, 0.29) is 24.7 Å². The van der Waals surface area contributed by atoms with Gasteiger partial charge in [-0.15, -0.1) is 0 Å². The maximum Gasteiger partial charge on any atom is 0.368 e. The van der Waals surface area contributed by atoms with Crippen LogP contribution in [0.5, 0.6) is 5.75 Å². The van der Waals surface area contributed by atoms with Crippen molar-refractivity contribution in [1.29, 1.82) is 0 Å². The lowest BCUT2D eigenvalue weighted by molar-refractivity contribution is 0.157. The van der Waals surface area contributed by atoms with E-state index >= 15 is 0 Å². The van der Waals surface area contributed by atoms with Crippen molar-refractivity contribution in [2.45, 2.75) is 30.9 Å². The molecule has 6 N–H and O–H groups in total. The highest BCUT2D eigenvalue weighted by atomic mass is 31.2. The molecular formula is C23H26N6O6P2. The van der Waals surface area contributed by atoms with Crippen molar-refractivity contribution < 1.29 is 29.1 Å². The standard InChI is InChI=1S/C23H26N6O6P2/c30-18-9-4-6-16(14-18)10-13-29-15-25-19-20(26-17-7-2-1-3-8-17)27-22(28-21(19)29)24-12-5-11-23(31,36-32)37(33,34)35/h1-4,6-9,14-15,30-31H,5,10-13H2,(H2,33,34,35)(H2,24,26,27,28). The normalized spacial score (nSPS) is 13.5. The zero-order chi connectivity index (χ0) is 26.5. The van der Waals surface area contributed by atoms with Crippen LogP contribution < -0.4 is 10.6 Å². The average Bonchev–Trinajstić information content (AvgIpc) is 3.28. The summed E-state index contributed by atoms with van der Waals surface area (Å²) in [6.07, 6.45) is 1.99. The highest BCUT2D eigenvalue weighted by Crippen LogP contribution is 2.57. The number of aliphatic hydroxyl groups is 1. The molecule has 2 aromatic carbocycles. The van der Waals surface area contributed by atoms with Gasteiger partial charge in [0, 0.05) is 25.2 Å². The number of phenols is 1. The summed E-state index contributed by atoms with van der Waals surface area (Å²) >= 11 is 0. The maximum absolute atomic E-state index is 11.5. The van der Waals surface area contributed by atoms with Crippen molar-refractivity contribution in [2.75, 3.05) is 17.2 Å². The SMILES string of the molecule is O=PC(O)(CCCNc1nc(Nc2ccccc2)c2ncn(CCc3cccc(O)c3)c2n1)P(=O)(O)O. The molecule has 1 atom stereocenters. The molecule has 1 unspecified atom stereocenters. The number of fused-ring (bicyclic) bond motifs is 1. The first-order valence-corrected chi connectivity index (χ1v) is 13.8. The predicted octanol–water partition coefficient (Wildman–Crippen LogP) is 3.83. The van der Waals surface area contributed by atoms with E-state index < -0.39 is 27.6 Å². The lowest BCUT2D eigenvalue weighted by Gasteiger charge is -2.21. The zero-order valence-electron chi connectivity index (χ0n) is 19.6. The van der Waals surface area contributed by atoms with Crippen LogP contribution in [0.2, 0.25) is 0 Å². The van der Waals surface area contributed by atoms with Gasteiger partial charge in [0.25, 0.3) is 0 Å². The zero-order valence-corrected chi connectivity index (χ0v) is 21.4. The molecule has 37 heavy (non-hydrogen) atoms. The van der Waals surface area contributed by atoms with Crippen LogP contribution in [0.4, 0.5) is 17.5 Å². The van der Waals surface area contributed by atoms with Gasteiger partial charge < -0.3 is 35.2 Å². The third-order valence-electron chi connectivity index (χ3n) is 5.64. The summed E-state index contributed by atoms with van der Waals surface area (Å²) in [6, 6.07) is 16.4. The third kappa shape index (κ3) is 6.49. The number of hydrogen-bond donors (Lipinski definition) is 6. The van der Waals surface area contributed by atoms with E-state index in [1.54, 1.807) is 24.5 Å². The number of rotatable bonds is 12. The molecule has 0 radical (unpaired) electrons. The molecule has 194 valence electrons. The highest BCUT2D eigenvalue weighted by molar-refractivity contribution is 7.63. The van der Waals surface area contributed by atoms with Gasteiger partial charge in [0.15, 0.2) is 17.0 Å². The van der Waals surface area contributed by atoms with Crippen molar-refractivity contribution in [3.63, 3.8) is 0 Å². The van der Waals surface area contributed by atoms with Crippen molar-refractivity contribution >= 4 is 44.7 Å². The van der Waals surface area contributed by atoms with Crippen molar-refractivity contribution in [3.8, 4) is 5.75 Å². The van der Waals surface area contributed by atoms with E-state index in [4.69, 9.17) is 0 Å². The Morgan fingerprint density at radius 3 is 2.57 bits per heavy atom. The van der Waals surface area contributed by atoms with Crippen LogP contribution in [0.15, 0.2) is 60.9 Å². The molecule has 0 spiro atoms. The number of aromatic nitrogens is 4. The van der Waals surface area contributed by atoms with Crippen LogP contribution in [-0.4, -0.2) is 51.1 Å². The summed E-state index contributed by atoms with van der Waals surface area (Å²) in [5.41, 5.74) is 2.85. The molecule has 0 aliphatic heterocycles. The number of anilines is 3. The molecule has 0 amide bonds. The van der Waals surface area contributed by atoms with Crippen LogP contribution in [0, 0.1) is 0 Å². The molecule has 0 saturated heterocycles. The number of hydrogen-bond acceptors (Lipinski definition) is 9. The second-order valence-corrected chi connectivity index (χ2v) is 11.5. The molecule has 4 rings (SSSR count). The minimum Gasteiger partial charge on any atom is -0.508 e. The van der Waals surface area contributed by atoms with Crippen LogP contribution in [0.1, 0.15) is 18.4 Å². The molecule has 2 heterocycles. The van der Waals surface area contributed by atoms with Crippen LogP contribution >= 0.6 is 16.1 Å². The van der Waals surface area contributed by atoms with Gasteiger partial charge in [-0.2, -0.15) is 9.97 Å². The van der Waals surface area contributed by atoms with Gasteiger partial charge in [-0.05, 0) is 42.7 Å². The molecule has 4 aromatic rings. The Kier molecular flexibility index (Phi) is 8.16. The lowest BCUT2D eigenvalue weighted by Crippen LogP contribution is -2.22. The third-order valence-corrected chi connectivity index (χ3v) is 8.34. The molecular weight excluding hydrogens is 518 g/mol. The van der Waals surface area contributed by atoms with E-state index in [0.717, 1.165) is 11.3 Å². The minimum absolute atomic E-state index is 0.0937. The number of aromatic hydroxyl groups is 1. The Morgan fingerprint density at radius 1 is 1.08 bits per heavy atom. The van der Waals surface area contributed by atoms with E-state index in [0.29, 0.717) is 29.9 Å². The fourth-order valence-electron chi connectivity index (χ4n) is 3.66. The Hall–Kier alpha value is -3.40. The van der Waals surface area contributed by atoms with Gasteiger partial charge in [0.2, 0.25) is 19.5 Å². The summed E-state index contributed by atoms with van der Waals surface area (Å²) in [4.78, 5) is 32.2. The Balaban J connectivity index is 1.56. The second-order valence-electron chi connectivity index (χ2n) is 8.36. The van der Waals surface area contributed by atoms with Crippen molar-refractivity contribution in [2.24, 2.45) is 0 Å². The lowest BCUT2D eigenvalue weighted by atomic mass is 10.1. The second kappa shape index (κ2) is 11.3. The summed E-state index contributed by atoms with van der Waals surface area (Å²) < 4.78 is 24.5. The number of nitrogens with zero attached hydrogens (tertiary/aromatic N) is 4. The smallest absolute Gasteiger partial charge is 0.368 e. The van der Waals surface area contributed by atoms with Crippen molar-refractivity contribution in [3.05, 3.63) is 66.5 Å². The Labute approximate surface area is 213 Å². The molecule has 14 heteroatoms. The summed E-state index contributed by atoms with van der Waals surface area (Å²) in [6.45, 7) is 0.699. The Bertz CT molecular complexity index is 1430. The fourth-order valence-corrected chi connectivity index (χ4v) is 4.79. The predicted molar refractivity (Wildman–Crippen MR) is 139 cm³/mol. The summed E-state index contributed by atoms with van der Waals surface area (Å²) in [5, 5.41) is 23.3. The van der Waals surface area contributed by atoms with Gasteiger partial charge in [-0.3, -0.25) is 9.13 Å². The highest BCUT2D eigenvalue weighted by Gasteiger charge is 2.46. The van der Waals surface area contributed by atoms with Gasteiger partial charge in [-0.25, -0.2) is 4.98 Å². The minimum atomic E-state index is -4.98. The topological polar surface area (TPSA) is 183 Å². The Morgan fingerprint density at radius 2 is 1.86 bits per heavy atom. The first kappa shape index (κ1) is 26.7. The molecule has 12 nitrogen and oxygen atoms in total. The van der Waals surface area contributed by atoms with Crippen LogP contribution in [0.25, 0.3) is 11.2 Å². The number of benzene rings is 2. The van der Waals surface area contributed by atoms with E-state index in [9.17, 15) is 29.1 Å². The summed E-state index contributed by atoms with van der Waals surface area (Å²) in [7, 11) is -6.02. The van der Waals surface area contributed by atoms with Crippen LogP contribution in [0.3, 0.4) is 0 Å². The number of nitrogens with one attached hydrogen (secondary N) is 2. The fraction of sp³-hybridized carbons (Fsp3) is 0.261. The van der Waals surface area contributed by atoms with Gasteiger partial charge >= 0.3 is 7.60 Å². The molecule has 0 fully saturated rings. The first-order chi connectivity index (χ1) is 17.7. The number of para-hydroxylation sites is 1. The van der Waals surface area contributed by atoms with Gasteiger partial charge in [0.1, 0.15) is 5.75 Å². The van der Waals surface area contributed by atoms with Crippen molar-refractivity contribution in [1.82, 2.24) is 19.5 Å². The molecule has 2 aromatic heterocycles. The average molecular weight is 544 g/mol. The molecule has 0 aliphatic carbocycles. The summed E-state index contributed by atoms with van der Waals surface area (Å²) in [5.74, 6) is 0.891. The number of aryl methyl sites for hydroxylation is 2. The quantitative estimate of drug-likeness (QED) is 0.113.